The number of ketones is 1. The maximum atomic E-state index is 13.8. The van der Waals surface area contributed by atoms with Gasteiger partial charge in [0.05, 0.1) is 12.4 Å². The second-order valence-corrected chi connectivity index (χ2v) is 10.3. The fourth-order valence-corrected chi connectivity index (χ4v) is 7.57. The molecule has 4 nitrogen and oxygen atoms in total. The van der Waals surface area contributed by atoms with E-state index in [1.165, 1.54) is 0 Å². The van der Waals surface area contributed by atoms with Gasteiger partial charge in [-0.05, 0) is 61.3 Å². The Hall–Kier alpha value is -1.46. The Kier molecular flexibility index (Phi) is 3.40. The maximum absolute atomic E-state index is 13.8. The first-order valence-corrected chi connectivity index (χ1v) is 11.3. The molecule has 4 aliphatic carbocycles. The molecule has 4 aliphatic rings. The highest BCUT2D eigenvalue weighted by Gasteiger charge is 2.73. The molecule has 3 saturated carbocycles. The number of fused-ring (bicyclic) bond motifs is 9. The summed E-state index contributed by atoms with van der Waals surface area (Å²) in [7, 11) is -3.47. The molecule has 3 fully saturated rings. The summed E-state index contributed by atoms with van der Waals surface area (Å²) in [6.45, 7) is 2.00. The van der Waals surface area contributed by atoms with Crippen molar-refractivity contribution in [3.05, 3.63) is 47.5 Å². The van der Waals surface area contributed by atoms with Gasteiger partial charge < -0.3 is 0 Å². The van der Waals surface area contributed by atoms with Crippen molar-refractivity contribution in [1.29, 1.82) is 0 Å². The van der Waals surface area contributed by atoms with E-state index in [4.69, 9.17) is 4.18 Å². The molecule has 5 rings (SSSR count). The van der Waals surface area contributed by atoms with Gasteiger partial charge in [-0.3, -0.25) is 8.98 Å². The van der Waals surface area contributed by atoms with Crippen LogP contribution in [0.2, 0.25) is 0 Å². The Labute approximate surface area is 154 Å². The van der Waals surface area contributed by atoms with Gasteiger partial charge in [0.15, 0.2) is 5.78 Å². The number of rotatable bonds is 4. The lowest BCUT2D eigenvalue weighted by Crippen LogP contribution is -2.50. The van der Waals surface area contributed by atoms with E-state index in [0.29, 0.717) is 18.3 Å². The fraction of sp³-hybridized carbons (Fsp3) is 0.571. The Bertz CT molecular complexity index is 918. The van der Waals surface area contributed by atoms with E-state index >= 15 is 0 Å². The lowest BCUT2D eigenvalue weighted by molar-refractivity contribution is 0.00977. The molecule has 1 aromatic carbocycles. The summed E-state index contributed by atoms with van der Waals surface area (Å²) < 4.78 is 28.8. The number of carbonyl (C=O) groups excluding carboxylic acids is 1. The van der Waals surface area contributed by atoms with Gasteiger partial charge in [-0.1, -0.05) is 36.4 Å². The van der Waals surface area contributed by atoms with Gasteiger partial charge in [0.1, 0.15) is 0 Å². The zero-order chi connectivity index (χ0) is 18.3. The molecule has 0 radical (unpaired) electrons. The van der Waals surface area contributed by atoms with Crippen molar-refractivity contribution in [2.75, 3.05) is 6.26 Å². The number of carbonyl (C=O) groups is 1. The van der Waals surface area contributed by atoms with E-state index in [-0.39, 0.29) is 35.1 Å². The Balaban J connectivity index is 1.58. The predicted molar refractivity (Wildman–Crippen MR) is 98.1 cm³/mol. The first kappa shape index (κ1) is 16.7. The average Bonchev–Trinajstić information content (AvgIpc) is 3.31. The highest BCUT2D eigenvalue weighted by molar-refractivity contribution is 7.86. The SMILES string of the molecule is Cc1ccccc1C(=O)C12C3C=CC(C3)C1C1CC2CC1OS(C)(=O)=O. The summed E-state index contributed by atoms with van der Waals surface area (Å²) in [5.74, 6) is 1.56. The molecule has 5 heteroatoms. The van der Waals surface area contributed by atoms with Crippen molar-refractivity contribution < 1.29 is 17.4 Å². The summed E-state index contributed by atoms with van der Waals surface area (Å²) in [5, 5.41) is 0. The molecular weight excluding hydrogens is 348 g/mol. The van der Waals surface area contributed by atoms with Crippen LogP contribution in [0.3, 0.4) is 0 Å². The summed E-state index contributed by atoms with van der Waals surface area (Å²) in [6.07, 6.45) is 8.01. The predicted octanol–water partition coefficient (Wildman–Crippen LogP) is 3.37. The lowest BCUT2D eigenvalue weighted by Gasteiger charge is -2.46. The van der Waals surface area contributed by atoms with Gasteiger partial charge in [0.25, 0.3) is 10.1 Å². The smallest absolute Gasteiger partial charge is 0.264 e. The normalized spacial score (nSPS) is 42.4. The zero-order valence-electron chi connectivity index (χ0n) is 15.1. The number of benzene rings is 1. The van der Waals surface area contributed by atoms with Crippen LogP contribution < -0.4 is 0 Å². The molecule has 0 N–H and O–H groups in total. The summed E-state index contributed by atoms with van der Waals surface area (Å²) in [5.41, 5.74) is 1.52. The minimum absolute atomic E-state index is 0.169. The van der Waals surface area contributed by atoms with E-state index in [2.05, 4.69) is 12.2 Å². The molecule has 138 valence electrons. The third-order valence-electron chi connectivity index (χ3n) is 7.51. The third kappa shape index (κ3) is 2.04. The number of hydrogen-bond acceptors (Lipinski definition) is 4. The fourth-order valence-electron chi connectivity index (χ4n) is 6.90. The lowest BCUT2D eigenvalue weighted by atomic mass is 9.57. The summed E-state index contributed by atoms with van der Waals surface area (Å²) in [4.78, 5) is 13.8. The highest BCUT2D eigenvalue weighted by atomic mass is 32.2. The Morgan fingerprint density at radius 2 is 1.92 bits per heavy atom. The zero-order valence-corrected chi connectivity index (χ0v) is 15.9. The van der Waals surface area contributed by atoms with Gasteiger partial charge in [-0.25, -0.2) is 0 Å². The van der Waals surface area contributed by atoms with E-state index in [1.807, 2.05) is 31.2 Å². The third-order valence-corrected chi connectivity index (χ3v) is 8.11. The van der Waals surface area contributed by atoms with Crippen molar-refractivity contribution in [3.8, 4) is 0 Å². The van der Waals surface area contributed by atoms with E-state index in [0.717, 1.165) is 30.2 Å². The van der Waals surface area contributed by atoms with Crippen LogP contribution in [-0.2, 0) is 14.3 Å². The molecular formula is C21H24O4S. The minimum Gasteiger partial charge on any atom is -0.294 e. The second-order valence-electron chi connectivity index (χ2n) is 8.66. The van der Waals surface area contributed by atoms with Crippen molar-refractivity contribution in [3.63, 3.8) is 0 Å². The number of hydrogen-bond donors (Lipinski definition) is 0. The van der Waals surface area contributed by atoms with Gasteiger partial charge >= 0.3 is 0 Å². The van der Waals surface area contributed by atoms with Crippen molar-refractivity contribution in [2.24, 2.45) is 35.0 Å². The first-order chi connectivity index (χ1) is 12.3. The molecule has 0 amide bonds. The van der Waals surface area contributed by atoms with Gasteiger partial charge in [-0.2, -0.15) is 8.42 Å². The average molecular weight is 372 g/mol. The van der Waals surface area contributed by atoms with Crippen LogP contribution in [-0.4, -0.2) is 26.6 Å². The first-order valence-electron chi connectivity index (χ1n) is 9.49. The van der Waals surface area contributed by atoms with Crippen LogP contribution in [0.25, 0.3) is 0 Å². The van der Waals surface area contributed by atoms with Crippen LogP contribution in [0.1, 0.15) is 35.2 Å². The molecule has 1 aromatic rings. The number of Topliss-reactive ketones (excluding diaryl/α,β-unsaturated/α-hetero) is 1. The molecule has 0 aromatic heterocycles. The molecule has 0 heterocycles. The highest BCUT2D eigenvalue weighted by Crippen LogP contribution is 2.73. The summed E-state index contributed by atoms with van der Waals surface area (Å²) in [6, 6.07) is 7.87. The molecule has 7 unspecified atom stereocenters. The summed E-state index contributed by atoms with van der Waals surface area (Å²) >= 11 is 0. The van der Waals surface area contributed by atoms with E-state index in [9.17, 15) is 13.2 Å². The minimum atomic E-state index is -3.47. The van der Waals surface area contributed by atoms with Gasteiger partial charge in [0, 0.05) is 11.0 Å². The van der Waals surface area contributed by atoms with Crippen molar-refractivity contribution in [1.82, 2.24) is 0 Å². The van der Waals surface area contributed by atoms with Crippen LogP contribution in [0.5, 0.6) is 0 Å². The van der Waals surface area contributed by atoms with Gasteiger partial charge in [-0.15, -0.1) is 0 Å². The standard InChI is InChI=1S/C21H24O4S/c1-12-5-3-4-6-16(12)20(22)21-14-8-7-13(9-14)19(21)17-10-15(21)11-18(17)25-26(2,23)24/h3-8,13-15,17-19H,9-11H2,1-2H3. The molecule has 0 saturated heterocycles. The van der Waals surface area contributed by atoms with Crippen LogP contribution in [0, 0.1) is 41.9 Å². The van der Waals surface area contributed by atoms with Crippen LogP contribution >= 0.6 is 0 Å². The monoisotopic (exact) mass is 372 g/mol. The Morgan fingerprint density at radius 1 is 1.15 bits per heavy atom. The molecule has 4 bridgehead atoms. The van der Waals surface area contributed by atoms with Crippen LogP contribution in [0.4, 0.5) is 0 Å². The Morgan fingerprint density at radius 3 is 2.65 bits per heavy atom. The topological polar surface area (TPSA) is 60.4 Å². The second kappa shape index (κ2) is 5.29. The quantitative estimate of drug-likeness (QED) is 0.352. The van der Waals surface area contributed by atoms with Crippen molar-refractivity contribution in [2.45, 2.75) is 32.3 Å². The largest absolute Gasteiger partial charge is 0.294 e. The number of allylic oxidation sites excluding steroid dienone is 2. The molecule has 7 atom stereocenters. The van der Waals surface area contributed by atoms with Gasteiger partial charge in [0.2, 0.25) is 0 Å². The molecule has 0 spiro atoms. The van der Waals surface area contributed by atoms with Crippen molar-refractivity contribution >= 4 is 15.9 Å². The molecule has 26 heavy (non-hydrogen) atoms. The van der Waals surface area contributed by atoms with E-state index in [1.54, 1.807) is 0 Å². The maximum Gasteiger partial charge on any atom is 0.264 e. The molecule has 0 aliphatic heterocycles. The van der Waals surface area contributed by atoms with Crippen LogP contribution in [0.15, 0.2) is 36.4 Å². The number of aryl methyl sites for hydroxylation is 1. The van der Waals surface area contributed by atoms with E-state index < -0.39 is 10.1 Å².